The first-order chi connectivity index (χ1) is 5.99. The zero-order chi connectivity index (χ0) is 10.4. The Labute approximate surface area is 80.3 Å². The van der Waals surface area contributed by atoms with E-state index in [4.69, 9.17) is 5.26 Å². The first kappa shape index (κ1) is 12.1. The summed E-state index contributed by atoms with van der Waals surface area (Å²) >= 11 is 0. The molecule has 1 unspecified atom stereocenters. The average molecular weight is 182 g/mol. The zero-order valence-electron chi connectivity index (χ0n) is 8.87. The van der Waals surface area contributed by atoms with Crippen molar-refractivity contribution in [2.45, 2.75) is 33.2 Å². The summed E-state index contributed by atoms with van der Waals surface area (Å²) in [6.07, 6.45) is 0.474. The third-order valence-electron chi connectivity index (χ3n) is 2.19. The SMILES string of the molecule is CC(C)C(=O)CN(C)C(C)CC#N. The highest BCUT2D eigenvalue weighted by Crippen LogP contribution is 2.02. The van der Waals surface area contributed by atoms with E-state index in [2.05, 4.69) is 6.07 Å². The summed E-state index contributed by atoms with van der Waals surface area (Å²) in [5, 5.41) is 8.47. The van der Waals surface area contributed by atoms with Crippen LogP contribution in [-0.4, -0.2) is 30.3 Å². The van der Waals surface area contributed by atoms with Crippen LogP contribution >= 0.6 is 0 Å². The Hall–Kier alpha value is -0.880. The number of likely N-dealkylation sites (N-methyl/N-ethyl adjacent to an activating group) is 1. The standard InChI is InChI=1S/C10H18N2O/c1-8(2)10(13)7-12(4)9(3)5-6-11/h8-9H,5,7H2,1-4H3. The van der Waals surface area contributed by atoms with Gasteiger partial charge in [-0.2, -0.15) is 5.26 Å². The lowest BCUT2D eigenvalue weighted by atomic mass is 10.1. The van der Waals surface area contributed by atoms with Gasteiger partial charge in [0.05, 0.1) is 19.0 Å². The van der Waals surface area contributed by atoms with Gasteiger partial charge in [0.1, 0.15) is 5.78 Å². The second-order valence-corrected chi connectivity index (χ2v) is 3.75. The van der Waals surface area contributed by atoms with E-state index in [9.17, 15) is 4.79 Å². The fourth-order valence-electron chi connectivity index (χ4n) is 0.872. The van der Waals surface area contributed by atoms with Crippen molar-refractivity contribution in [3.8, 4) is 6.07 Å². The van der Waals surface area contributed by atoms with Crippen molar-refractivity contribution < 1.29 is 4.79 Å². The van der Waals surface area contributed by atoms with E-state index in [0.29, 0.717) is 13.0 Å². The topological polar surface area (TPSA) is 44.1 Å². The minimum absolute atomic E-state index is 0.0803. The second kappa shape index (κ2) is 5.71. The summed E-state index contributed by atoms with van der Waals surface area (Å²) in [7, 11) is 1.88. The Morgan fingerprint density at radius 2 is 2.00 bits per heavy atom. The molecule has 0 fully saturated rings. The normalized spacial score (nSPS) is 13.0. The summed E-state index contributed by atoms with van der Waals surface area (Å²) in [6, 6.07) is 2.26. The van der Waals surface area contributed by atoms with Crippen molar-refractivity contribution >= 4 is 5.78 Å². The Balaban J connectivity index is 3.93. The number of rotatable bonds is 5. The molecule has 0 N–H and O–H groups in total. The van der Waals surface area contributed by atoms with Crippen molar-refractivity contribution in [1.29, 1.82) is 5.26 Å². The van der Waals surface area contributed by atoms with Gasteiger partial charge in [-0.05, 0) is 14.0 Å². The summed E-state index contributed by atoms with van der Waals surface area (Å²) in [5.74, 6) is 0.309. The van der Waals surface area contributed by atoms with Crippen LogP contribution in [0.1, 0.15) is 27.2 Å². The predicted molar refractivity (Wildman–Crippen MR) is 52.2 cm³/mol. The molecule has 3 nitrogen and oxygen atoms in total. The molecule has 0 radical (unpaired) electrons. The van der Waals surface area contributed by atoms with Crippen molar-refractivity contribution in [3.05, 3.63) is 0 Å². The Bertz CT molecular complexity index is 205. The Morgan fingerprint density at radius 1 is 1.46 bits per heavy atom. The molecule has 0 aliphatic carbocycles. The monoisotopic (exact) mass is 182 g/mol. The second-order valence-electron chi connectivity index (χ2n) is 3.75. The molecule has 0 aromatic carbocycles. The Kier molecular flexibility index (Phi) is 5.33. The molecule has 0 rings (SSSR count). The minimum atomic E-state index is 0.0803. The highest BCUT2D eigenvalue weighted by molar-refractivity contribution is 5.82. The smallest absolute Gasteiger partial charge is 0.149 e. The number of Topliss-reactive ketones (excluding diaryl/α,β-unsaturated/α-hetero) is 1. The molecule has 0 spiro atoms. The molecule has 0 aromatic rings. The number of nitriles is 1. The number of hydrogen-bond acceptors (Lipinski definition) is 3. The molecule has 0 heterocycles. The van der Waals surface area contributed by atoms with Gasteiger partial charge in [0.25, 0.3) is 0 Å². The number of ketones is 1. The first-order valence-corrected chi connectivity index (χ1v) is 4.59. The van der Waals surface area contributed by atoms with E-state index in [1.54, 1.807) is 0 Å². The fourth-order valence-corrected chi connectivity index (χ4v) is 0.872. The van der Waals surface area contributed by atoms with E-state index in [0.717, 1.165) is 0 Å². The predicted octanol–water partition coefficient (Wildman–Crippen LogP) is 1.45. The van der Waals surface area contributed by atoms with Crippen molar-refractivity contribution in [2.24, 2.45) is 5.92 Å². The van der Waals surface area contributed by atoms with Gasteiger partial charge in [-0.15, -0.1) is 0 Å². The summed E-state index contributed by atoms with van der Waals surface area (Å²) < 4.78 is 0. The molecule has 13 heavy (non-hydrogen) atoms. The maximum Gasteiger partial charge on any atom is 0.149 e. The minimum Gasteiger partial charge on any atom is -0.298 e. The lowest BCUT2D eigenvalue weighted by Crippen LogP contribution is -2.35. The van der Waals surface area contributed by atoms with Crippen molar-refractivity contribution in [3.63, 3.8) is 0 Å². The summed E-state index contributed by atoms with van der Waals surface area (Å²) in [6.45, 7) is 6.19. The molecule has 3 heteroatoms. The third-order valence-corrected chi connectivity index (χ3v) is 2.19. The quantitative estimate of drug-likeness (QED) is 0.646. The van der Waals surface area contributed by atoms with Crippen LogP contribution in [0.25, 0.3) is 0 Å². The zero-order valence-corrected chi connectivity index (χ0v) is 8.87. The third kappa shape index (κ3) is 4.64. The van der Waals surface area contributed by atoms with Gasteiger partial charge in [-0.25, -0.2) is 0 Å². The largest absolute Gasteiger partial charge is 0.298 e. The molecular formula is C10H18N2O. The van der Waals surface area contributed by atoms with E-state index in [1.807, 2.05) is 32.7 Å². The molecule has 0 aliphatic rings. The molecule has 1 atom stereocenters. The van der Waals surface area contributed by atoms with E-state index in [-0.39, 0.29) is 17.7 Å². The van der Waals surface area contributed by atoms with Crippen molar-refractivity contribution in [1.82, 2.24) is 4.90 Å². The van der Waals surface area contributed by atoms with Crippen LogP contribution in [0.4, 0.5) is 0 Å². The van der Waals surface area contributed by atoms with Gasteiger partial charge < -0.3 is 0 Å². The molecule has 0 amide bonds. The lowest BCUT2D eigenvalue weighted by Gasteiger charge is -2.22. The Morgan fingerprint density at radius 3 is 2.38 bits per heavy atom. The van der Waals surface area contributed by atoms with Crippen LogP contribution in [0.15, 0.2) is 0 Å². The molecule has 0 saturated heterocycles. The van der Waals surface area contributed by atoms with Crippen molar-refractivity contribution in [2.75, 3.05) is 13.6 Å². The first-order valence-electron chi connectivity index (χ1n) is 4.59. The molecule has 0 bridgehead atoms. The molecule has 0 aromatic heterocycles. The van der Waals surface area contributed by atoms with Gasteiger partial charge in [-0.1, -0.05) is 13.8 Å². The highest BCUT2D eigenvalue weighted by Gasteiger charge is 2.14. The maximum absolute atomic E-state index is 11.3. The number of nitrogens with zero attached hydrogens (tertiary/aromatic N) is 2. The van der Waals surface area contributed by atoms with E-state index >= 15 is 0 Å². The van der Waals surface area contributed by atoms with Gasteiger partial charge in [0.15, 0.2) is 0 Å². The molecule has 74 valence electrons. The van der Waals surface area contributed by atoms with Crippen LogP contribution in [0.5, 0.6) is 0 Å². The number of carbonyl (C=O) groups excluding carboxylic acids is 1. The summed E-state index contributed by atoms with van der Waals surface area (Å²) in [5.41, 5.74) is 0. The van der Waals surface area contributed by atoms with Gasteiger partial charge in [0, 0.05) is 12.0 Å². The highest BCUT2D eigenvalue weighted by atomic mass is 16.1. The van der Waals surface area contributed by atoms with Crippen LogP contribution in [0, 0.1) is 17.2 Å². The van der Waals surface area contributed by atoms with Gasteiger partial charge in [-0.3, -0.25) is 9.69 Å². The van der Waals surface area contributed by atoms with Crippen LogP contribution < -0.4 is 0 Å². The van der Waals surface area contributed by atoms with Gasteiger partial charge in [0.2, 0.25) is 0 Å². The van der Waals surface area contributed by atoms with E-state index in [1.165, 1.54) is 0 Å². The summed E-state index contributed by atoms with van der Waals surface area (Å²) in [4.78, 5) is 13.3. The van der Waals surface area contributed by atoms with Gasteiger partial charge >= 0.3 is 0 Å². The molecular weight excluding hydrogens is 164 g/mol. The number of carbonyl (C=O) groups is 1. The molecule has 0 aliphatic heterocycles. The molecule has 0 saturated carbocycles. The maximum atomic E-state index is 11.3. The number of hydrogen-bond donors (Lipinski definition) is 0. The van der Waals surface area contributed by atoms with Crippen LogP contribution in [-0.2, 0) is 4.79 Å². The lowest BCUT2D eigenvalue weighted by molar-refractivity contribution is -0.123. The van der Waals surface area contributed by atoms with Crippen LogP contribution in [0.2, 0.25) is 0 Å². The average Bonchev–Trinajstić information content (AvgIpc) is 2.04. The van der Waals surface area contributed by atoms with E-state index < -0.39 is 0 Å². The fraction of sp³-hybridized carbons (Fsp3) is 0.800. The van der Waals surface area contributed by atoms with Crippen LogP contribution in [0.3, 0.4) is 0 Å².